The highest BCUT2D eigenvalue weighted by Crippen LogP contribution is 2.18. The fourth-order valence-corrected chi connectivity index (χ4v) is 1.16. The van der Waals surface area contributed by atoms with Gasteiger partial charge in [-0.15, -0.1) is 6.58 Å². The smallest absolute Gasteiger partial charge is 0.407 e. The zero-order chi connectivity index (χ0) is 12.7. The maximum Gasteiger partial charge on any atom is 0.407 e. The van der Waals surface area contributed by atoms with Crippen molar-refractivity contribution in [3.63, 3.8) is 0 Å². The molecule has 1 amide bonds. The molecule has 0 radical (unpaired) electrons. The molecule has 0 heterocycles. The van der Waals surface area contributed by atoms with Crippen molar-refractivity contribution >= 4 is 11.8 Å². The molecule has 0 aromatic heterocycles. The highest BCUT2D eigenvalue weighted by atomic mass is 16.6. The molecule has 0 aliphatic rings. The summed E-state index contributed by atoms with van der Waals surface area (Å²) in [5.41, 5.74) is 0.287. The van der Waals surface area contributed by atoms with Gasteiger partial charge < -0.3 is 10.1 Å². The van der Waals surface area contributed by atoms with Crippen molar-refractivity contribution in [3.05, 3.63) is 52.6 Å². The largest absolute Gasteiger partial charge is 0.444 e. The van der Waals surface area contributed by atoms with E-state index in [-0.39, 0.29) is 18.8 Å². The van der Waals surface area contributed by atoms with E-state index < -0.39 is 11.0 Å². The van der Waals surface area contributed by atoms with E-state index in [1.54, 1.807) is 18.2 Å². The molecular formula is C11H12N2O4. The number of rotatable bonds is 5. The number of nitrogens with zero attached hydrogens (tertiary/aromatic N) is 1. The number of ether oxygens (including phenoxy) is 1. The fraction of sp³-hybridized carbons (Fsp3) is 0.182. The van der Waals surface area contributed by atoms with E-state index >= 15 is 0 Å². The molecule has 0 saturated heterocycles. The third-order valence-electron chi connectivity index (χ3n) is 1.94. The second-order valence-electron chi connectivity index (χ2n) is 3.13. The fourth-order valence-electron chi connectivity index (χ4n) is 1.16. The Morgan fingerprint density at radius 1 is 1.53 bits per heavy atom. The highest BCUT2D eigenvalue weighted by Gasteiger charge is 2.13. The van der Waals surface area contributed by atoms with Gasteiger partial charge in [-0.05, 0) is 6.07 Å². The molecule has 0 fully saturated rings. The van der Waals surface area contributed by atoms with Gasteiger partial charge in [0.25, 0.3) is 5.69 Å². The zero-order valence-electron chi connectivity index (χ0n) is 9.09. The molecule has 1 rings (SSSR count). The molecule has 0 spiro atoms. The van der Waals surface area contributed by atoms with Crippen LogP contribution in [0.3, 0.4) is 0 Å². The molecule has 6 nitrogen and oxygen atoms in total. The molecular weight excluding hydrogens is 224 g/mol. The van der Waals surface area contributed by atoms with E-state index in [0.717, 1.165) is 0 Å². The van der Waals surface area contributed by atoms with Crippen LogP contribution >= 0.6 is 0 Å². The number of amides is 1. The van der Waals surface area contributed by atoms with E-state index in [4.69, 9.17) is 4.74 Å². The number of hydrogen-bond donors (Lipinski definition) is 1. The van der Waals surface area contributed by atoms with Gasteiger partial charge in [0.2, 0.25) is 0 Å². The van der Waals surface area contributed by atoms with Crippen LogP contribution in [0.2, 0.25) is 0 Å². The molecule has 0 aliphatic carbocycles. The average Bonchev–Trinajstić information content (AvgIpc) is 2.34. The second-order valence-corrected chi connectivity index (χ2v) is 3.13. The third kappa shape index (κ3) is 3.94. The molecule has 0 aliphatic heterocycles. The quantitative estimate of drug-likeness (QED) is 0.481. The van der Waals surface area contributed by atoms with Gasteiger partial charge in [0.1, 0.15) is 6.61 Å². The number of hydrogen-bond acceptors (Lipinski definition) is 4. The van der Waals surface area contributed by atoms with Crippen molar-refractivity contribution < 1.29 is 14.5 Å². The van der Waals surface area contributed by atoms with Crippen LogP contribution in [-0.2, 0) is 11.3 Å². The normalized spacial score (nSPS) is 9.41. The van der Waals surface area contributed by atoms with Gasteiger partial charge in [0, 0.05) is 12.6 Å². The molecule has 1 aromatic rings. The van der Waals surface area contributed by atoms with Crippen molar-refractivity contribution in [1.82, 2.24) is 5.32 Å². The zero-order valence-corrected chi connectivity index (χ0v) is 9.09. The number of carbonyl (C=O) groups is 1. The van der Waals surface area contributed by atoms with Gasteiger partial charge in [0.05, 0.1) is 10.5 Å². The Kier molecular flexibility index (Phi) is 4.68. The maximum absolute atomic E-state index is 11.1. The van der Waals surface area contributed by atoms with Crippen molar-refractivity contribution in [3.8, 4) is 0 Å². The number of nitrogens with one attached hydrogen (secondary N) is 1. The standard InChI is InChI=1S/C11H12N2O4/c1-2-7-12-11(14)17-8-9-5-3-4-6-10(9)13(15)16/h2-6H,1,7-8H2,(H,12,14). The summed E-state index contributed by atoms with van der Waals surface area (Å²) in [5.74, 6) is 0. The average molecular weight is 236 g/mol. The van der Waals surface area contributed by atoms with Crippen LogP contribution < -0.4 is 5.32 Å². The van der Waals surface area contributed by atoms with Crippen molar-refractivity contribution in [2.45, 2.75) is 6.61 Å². The van der Waals surface area contributed by atoms with E-state index in [1.165, 1.54) is 12.1 Å². The minimum atomic E-state index is -0.636. The van der Waals surface area contributed by atoms with Gasteiger partial charge in [-0.3, -0.25) is 10.1 Å². The number of benzene rings is 1. The van der Waals surface area contributed by atoms with Crippen molar-refractivity contribution in [1.29, 1.82) is 0 Å². The molecule has 0 atom stereocenters. The SMILES string of the molecule is C=CCNC(=O)OCc1ccccc1[N+](=O)[O-]. The Balaban J connectivity index is 2.60. The number of alkyl carbamates (subject to hydrolysis) is 1. The Morgan fingerprint density at radius 3 is 2.88 bits per heavy atom. The van der Waals surface area contributed by atoms with E-state index in [1.807, 2.05) is 0 Å². The summed E-state index contributed by atoms with van der Waals surface area (Å²) in [6.45, 7) is 3.58. The Morgan fingerprint density at radius 2 is 2.24 bits per heavy atom. The summed E-state index contributed by atoms with van der Waals surface area (Å²) in [4.78, 5) is 21.3. The molecule has 90 valence electrons. The highest BCUT2D eigenvalue weighted by molar-refractivity contribution is 5.67. The van der Waals surface area contributed by atoms with Gasteiger partial charge in [0.15, 0.2) is 0 Å². The van der Waals surface area contributed by atoms with Gasteiger partial charge in [-0.25, -0.2) is 4.79 Å². The van der Waals surface area contributed by atoms with Crippen LogP contribution in [0.1, 0.15) is 5.56 Å². The summed E-state index contributed by atoms with van der Waals surface area (Å²) < 4.78 is 4.82. The summed E-state index contributed by atoms with van der Waals surface area (Å²) in [6, 6.07) is 6.10. The summed E-state index contributed by atoms with van der Waals surface area (Å²) in [6.07, 6.45) is 0.870. The number of carbonyl (C=O) groups excluding carboxylic acids is 1. The number of nitro benzene ring substituents is 1. The predicted octanol–water partition coefficient (Wildman–Crippen LogP) is 2.01. The van der Waals surface area contributed by atoms with Gasteiger partial charge in [-0.1, -0.05) is 18.2 Å². The van der Waals surface area contributed by atoms with Crippen LogP contribution in [0.15, 0.2) is 36.9 Å². The van der Waals surface area contributed by atoms with Crippen LogP contribution in [-0.4, -0.2) is 17.6 Å². The summed E-state index contributed by atoms with van der Waals surface area (Å²) >= 11 is 0. The lowest BCUT2D eigenvalue weighted by Crippen LogP contribution is -2.24. The molecule has 0 unspecified atom stereocenters. The lowest BCUT2D eigenvalue weighted by atomic mass is 10.2. The third-order valence-corrected chi connectivity index (χ3v) is 1.94. The minimum absolute atomic E-state index is 0.0657. The minimum Gasteiger partial charge on any atom is -0.444 e. The van der Waals surface area contributed by atoms with Crippen LogP contribution in [0, 0.1) is 10.1 Å². The predicted molar refractivity (Wildman–Crippen MR) is 61.5 cm³/mol. The topological polar surface area (TPSA) is 81.5 Å². The summed E-state index contributed by atoms with van der Waals surface area (Å²) in [5, 5.41) is 13.1. The van der Waals surface area contributed by atoms with E-state index in [9.17, 15) is 14.9 Å². The van der Waals surface area contributed by atoms with Crippen LogP contribution in [0.5, 0.6) is 0 Å². The molecule has 0 bridgehead atoms. The first-order valence-electron chi connectivity index (χ1n) is 4.89. The van der Waals surface area contributed by atoms with Gasteiger partial charge >= 0.3 is 6.09 Å². The Labute approximate surface area is 98.0 Å². The molecule has 1 aromatic carbocycles. The Hall–Kier alpha value is -2.37. The molecule has 1 N–H and O–H groups in total. The number of nitro groups is 1. The van der Waals surface area contributed by atoms with E-state index in [2.05, 4.69) is 11.9 Å². The van der Waals surface area contributed by atoms with Crippen molar-refractivity contribution in [2.24, 2.45) is 0 Å². The lowest BCUT2D eigenvalue weighted by Gasteiger charge is -2.05. The van der Waals surface area contributed by atoms with Crippen LogP contribution in [0.25, 0.3) is 0 Å². The first-order chi connectivity index (χ1) is 8.15. The molecule has 0 saturated carbocycles. The van der Waals surface area contributed by atoms with Crippen LogP contribution in [0.4, 0.5) is 10.5 Å². The number of para-hydroxylation sites is 1. The Bertz CT molecular complexity index is 431. The second kappa shape index (κ2) is 6.26. The molecule has 17 heavy (non-hydrogen) atoms. The maximum atomic E-state index is 11.1. The first kappa shape index (κ1) is 12.7. The first-order valence-corrected chi connectivity index (χ1v) is 4.89. The summed E-state index contributed by atoms with van der Waals surface area (Å²) in [7, 11) is 0. The molecule has 6 heteroatoms. The van der Waals surface area contributed by atoms with Crippen molar-refractivity contribution in [2.75, 3.05) is 6.54 Å². The lowest BCUT2D eigenvalue weighted by molar-refractivity contribution is -0.385. The van der Waals surface area contributed by atoms with E-state index in [0.29, 0.717) is 5.56 Å². The van der Waals surface area contributed by atoms with Gasteiger partial charge in [-0.2, -0.15) is 0 Å². The monoisotopic (exact) mass is 236 g/mol.